The Labute approximate surface area is 162 Å². The Morgan fingerprint density at radius 2 is 2.07 bits per heavy atom. The molecule has 0 radical (unpaired) electrons. The number of amides is 1. The lowest BCUT2D eigenvalue weighted by Gasteiger charge is -2.32. The molecule has 0 bridgehead atoms. The van der Waals surface area contributed by atoms with Crippen LogP contribution in [0.3, 0.4) is 0 Å². The van der Waals surface area contributed by atoms with Crippen molar-refractivity contribution in [3.8, 4) is 5.69 Å². The summed E-state index contributed by atoms with van der Waals surface area (Å²) in [5, 5.41) is 11.7. The highest BCUT2D eigenvalue weighted by molar-refractivity contribution is 7.71. The Morgan fingerprint density at radius 1 is 1.30 bits per heavy atom. The molecule has 3 aromatic rings. The van der Waals surface area contributed by atoms with Crippen LogP contribution in [0.5, 0.6) is 0 Å². The number of likely N-dealkylation sites (tertiary alicyclic amines) is 1. The summed E-state index contributed by atoms with van der Waals surface area (Å²) in [6.45, 7) is 3.27. The van der Waals surface area contributed by atoms with Gasteiger partial charge >= 0.3 is 0 Å². The Balaban J connectivity index is 1.57. The molecule has 2 aromatic heterocycles. The predicted octanol–water partition coefficient (Wildman–Crippen LogP) is 2.99. The molecular formula is C19H22N6OS. The van der Waals surface area contributed by atoms with Crippen molar-refractivity contribution in [3.05, 3.63) is 58.4 Å². The summed E-state index contributed by atoms with van der Waals surface area (Å²) in [6.07, 6.45) is 3.77. The average molecular weight is 382 g/mol. The van der Waals surface area contributed by atoms with E-state index in [1.807, 2.05) is 60.0 Å². The van der Waals surface area contributed by atoms with Crippen molar-refractivity contribution in [3.63, 3.8) is 0 Å². The largest absolute Gasteiger partial charge is 0.338 e. The minimum atomic E-state index is 0.0242. The van der Waals surface area contributed by atoms with Crippen LogP contribution >= 0.6 is 12.2 Å². The van der Waals surface area contributed by atoms with Gasteiger partial charge in [0.2, 0.25) is 0 Å². The molecule has 1 unspecified atom stereocenters. The molecule has 7 nitrogen and oxygen atoms in total. The van der Waals surface area contributed by atoms with Crippen molar-refractivity contribution in [2.45, 2.75) is 25.7 Å². The monoisotopic (exact) mass is 382 g/mol. The van der Waals surface area contributed by atoms with Crippen LogP contribution in [-0.2, 0) is 7.05 Å². The van der Waals surface area contributed by atoms with E-state index in [2.05, 4.69) is 15.3 Å². The van der Waals surface area contributed by atoms with Crippen molar-refractivity contribution < 1.29 is 4.79 Å². The molecule has 1 atom stereocenters. The molecule has 1 fully saturated rings. The number of rotatable bonds is 3. The van der Waals surface area contributed by atoms with Gasteiger partial charge in [-0.3, -0.25) is 9.89 Å². The van der Waals surface area contributed by atoms with Gasteiger partial charge in [-0.1, -0.05) is 18.2 Å². The number of nitrogens with one attached hydrogen (secondary N) is 1. The third-order valence-corrected chi connectivity index (χ3v) is 5.50. The standard InChI is InChI=1S/C19H22N6OS/c1-13-16(12-25(22-13)15-8-4-3-5-9-15)18(26)24-10-6-7-14(11-24)17-20-21-19(27)23(17)2/h3-5,8-9,12,14H,6-7,10-11H2,1-2H3,(H,21,27). The summed E-state index contributed by atoms with van der Waals surface area (Å²) in [5.41, 5.74) is 2.33. The maximum absolute atomic E-state index is 13.1. The summed E-state index contributed by atoms with van der Waals surface area (Å²) < 4.78 is 4.27. The van der Waals surface area contributed by atoms with Crippen LogP contribution in [0.2, 0.25) is 0 Å². The maximum atomic E-state index is 13.1. The van der Waals surface area contributed by atoms with E-state index in [4.69, 9.17) is 12.2 Å². The molecular weight excluding hydrogens is 360 g/mol. The van der Waals surface area contributed by atoms with E-state index in [1.54, 1.807) is 4.68 Å². The van der Waals surface area contributed by atoms with E-state index in [1.165, 1.54) is 0 Å². The molecule has 3 heterocycles. The van der Waals surface area contributed by atoms with Crippen molar-refractivity contribution in [1.29, 1.82) is 0 Å². The number of hydrogen-bond donors (Lipinski definition) is 1. The molecule has 0 spiro atoms. The molecule has 1 N–H and O–H groups in total. The lowest BCUT2D eigenvalue weighted by atomic mass is 9.96. The van der Waals surface area contributed by atoms with Gasteiger partial charge in [0, 0.05) is 32.3 Å². The van der Waals surface area contributed by atoms with Crippen molar-refractivity contribution in [1.82, 2.24) is 29.4 Å². The molecule has 4 rings (SSSR count). The first-order chi connectivity index (χ1) is 13.0. The molecule has 1 aliphatic heterocycles. The molecule has 1 aromatic carbocycles. The normalized spacial score (nSPS) is 17.3. The van der Waals surface area contributed by atoms with E-state index in [0.29, 0.717) is 16.9 Å². The fraction of sp³-hybridized carbons (Fsp3) is 0.368. The minimum absolute atomic E-state index is 0.0242. The molecule has 27 heavy (non-hydrogen) atoms. The summed E-state index contributed by atoms with van der Waals surface area (Å²) in [4.78, 5) is 15.1. The highest BCUT2D eigenvalue weighted by Crippen LogP contribution is 2.27. The zero-order chi connectivity index (χ0) is 19.0. The van der Waals surface area contributed by atoms with Crippen LogP contribution in [-0.4, -0.2) is 48.4 Å². The Kier molecular flexibility index (Phi) is 4.65. The number of aryl methyl sites for hydroxylation is 1. The second-order valence-electron chi connectivity index (χ2n) is 6.94. The number of benzene rings is 1. The second-order valence-corrected chi connectivity index (χ2v) is 7.33. The van der Waals surface area contributed by atoms with Crippen LogP contribution in [0.1, 0.15) is 40.6 Å². The van der Waals surface area contributed by atoms with Crippen LogP contribution in [0.15, 0.2) is 36.5 Å². The molecule has 140 valence electrons. The van der Waals surface area contributed by atoms with E-state index < -0.39 is 0 Å². The van der Waals surface area contributed by atoms with Gasteiger partial charge in [0.25, 0.3) is 5.91 Å². The molecule has 1 aliphatic rings. The van der Waals surface area contributed by atoms with E-state index in [9.17, 15) is 4.79 Å². The lowest BCUT2D eigenvalue weighted by Crippen LogP contribution is -2.39. The Morgan fingerprint density at radius 3 is 2.78 bits per heavy atom. The highest BCUT2D eigenvalue weighted by atomic mass is 32.1. The van der Waals surface area contributed by atoms with E-state index in [0.717, 1.165) is 36.6 Å². The molecule has 8 heteroatoms. The van der Waals surface area contributed by atoms with Gasteiger partial charge in [-0.25, -0.2) is 4.68 Å². The van der Waals surface area contributed by atoms with Crippen LogP contribution in [0, 0.1) is 11.7 Å². The number of H-pyrrole nitrogens is 1. The number of hydrogen-bond acceptors (Lipinski definition) is 4. The third kappa shape index (κ3) is 3.32. The van der Waals surface area contributed by atoms with Gasteiger partial charge in [-0.2, -0.15) is 10.2 Å². The van der Waals surface area contributed by atoms with Crippen LogP contribution in [0.25, 0.3) is 5.69 Å². The predicted molar refractivity (Wildman–Crippen MR) is 105 cm³/mol. The van der Waals surface area contributed by atoms with Gasteiger partial charge < -0.3 is 9.47 Å². The van der Waals surface area contributed by atoms with Gasteiger partial charge in [-0.05, 0) is 44.1 Å². The zero-order valence-corrected chi connectivity index (χ0v) is 16.2. The Hall–Kier alpha value is -2.74. The smallest absolute Gasteiger partial charge is 0.257 e. The van der Waals surface area contributed by atoms with Gasteiger partial charge in [0.15, 0.2) is 4.77 Å². The third-order valence-electron chi connectivity index (χ3n) is 5.14. The second kappa shape index (κ2) is 7.11. The molecule has 1 amide bonds. The highest BCUT2D eigenvalue weighted by Gasteiger charge is 2.29. The number of nitrogens with zero attached hydrogens (tertiary/aromatic N) is 5. The lowest BCUT2D eigenvalue weighted by molar-refractivity contribution is 0.0702. The summed E-state index contributed by atoms with van der Waals surface area (Å²) in [7, 11) is 1.91. The fourth-order valence-corrected chi connectivity index (χ4v) is 3.79. The number of carbonyl (C=O) groups excluding carboxylic acids is 1. The number of aromatic amines is 1. The average Bonchev–Trinajstić information content (AvgIpc) is 3.25. The SMILES string of the molecule is Cc1nn(-c2ccccc2)cc1C(=O)N1CCCC(c2n[nH]c(=S)n2C)C1. The first kappa shape index (κ1) is 17.7. The first-order valence-corrected chi connectivity index (χ1v) is 9.47. The van der Waals surface area contributed by atoms with E-state index >= 15 is 0 Å². The molecule has 0 saturated carbocycles. The van der Waals surface area contributed by atoms with Gasteiger partial charge in [0.05, 0.1) is 16.9 Å². The number of piperidine rings is 1. The number of aromatic nitrogens is 5. The van der Waals surface area contributed by atoms with Crippen molar-refractivity contribution in [2.24, 2.45) is 7.05 Å². The maximum Gasteiger partial charge on any atom is 0.257 e. The Bertz CT molecular complexity index is 1020. The van der Waals surface area contributed by atoms with Crippen LogP contribution in [0.4, 0.5) is 0 Å². The van der Waals surface area contributed by atoms with E-state index in [-0.39, 0.29) is 11.8 Å². The number of para-hydroxylation sites is 1. The van der Waals surface area contributed by atoms with Gasteiger partial charge in [0.1, 0.15) is 5.82 Å². The van der Waals surface area contributed by atoms with Gasteiger partial charge in [-0.15, -0.1) is 0 Å². The van der Waals surface area contributed by atoms with Crippen molar-refractivity contribution in [2.75, 3.05) is 13.1 Å². The van der Waals surface area contributed by atoms with Crippen LogP contribution < -0.4 is 0 Å². The minimum Gasteiger partial charge on any atom is -0.338 e. The first-order valence-electron chi connectivity index (χ1n) is 9.07. The summed E-state index contributed by atoms with van der Waals surface area (Å²) >= 11 is 5.22. The topological polar surface area (TPSA) is 71.7 Å². The summed E-state index contributed by atoms with van der Waals surface area (Å²) in [6, 6.07) is 9.83. The quantitative estimate of drug-likeness (QED) is 0.707. The molecule has 1 saturated heterocycles. The fourth-order valence-electron chi connectivity index (χ4n) is 3.65. The molecule has 0 aliphatic carbocycles. The zero-order valence-electron chi connectivity index (χ0n) is 15.4. The number of carbonyl (C=O) groups is 1. The van der Waals surface area contributed by atoms with Crippen molar-refractivity contribution >= 4 is 18.1 Å². The summed E-state index contributed by atoms with van der Waals surface area (Å²) in [5.74, 6) is 1.12.